The van der Waals surface area contributed by atoms with Gasteiger partial charge in [-0.3, -0.25) is 4.79 Å². The summed E-state index contributed by atoms with van der Waals surface area (Å²) in [4.78, 5) is 26.7. The molecule has 0 saturated heterocycles. The molecule has 19 heavy (non-hydrogen) atoms. The number of thioether (sulfide) groups is 1. The van der Waals surface area contributed by atoms with Crippen LogP contribution in [0.5, 0.6) is 0 Å². The van der Waals surface area contributed by atoms with Crippen LogP contribution in [0.15, 0.2) is 5.38 Å². The summed E-state index contributed by atoms with van der Waals surface area (Å²) in [5.74, 6) is 0.0606. The van der Waals surface area contributed by atoms with Gasteiger partial charge in [0.25, 0.3) is 0 Å². The van der Waals surface area contributed by atoms with Gasteiger partial charge in [0.15, 0.2) is 0 Å². The Morgan fingerprint density at radius 1 is 1.53 bits per heavy atom. The fraction of sp³-hybridized carbons (Fsp3) is 0.583. The van der Waals surface area contributed by atoms with Gasteiger partial charge in [-0.2, -0.15) is 11.8 Å². The summed E-state index contributed by atoms with van der Waals surface area (Å²) in [6, 6.07) is 0. The van der Waals surface area contributed by atoms with Gasteiger partial charge in [0.2, 0.25) is 5.01 Å². The lowest BCUT2D eigenvalue weighted by molar-refractivity contribution is -0.140. The first kappa shape index (κ1) is 16.0. The molecular weight excluding hydrogens is 286 g/mol. The first-order chi connectivity index (χ1) is 9.06. The molecule has 0 bridgehead atoms. The molecule has 0 aromatic carbocycles. The smallest absolute Gasteiger partial charge is 0.367 e. The van der Waals surface area contributed by atoms with E-state index in [9.17, 15) is 9.59 Å². The first-order valence-corrected chi connectivity index (χ1v) is 7.79. The number of carbonyl (C=O) groups is 2. The van der Waals surface area contributed by atoms with Gasteiger partial charge >= 0.3 is 11.9 Å². The Hall–Kier alpha value is -1.08. The molecular formula is C12H17NO4S2. The SMILES string of the molecule is CCOC(=O)c1nc(CSC(C)CC(=O)OC)cs1. The van der Waals surface area contributed by atoms with Gasteiger partial charge < -0.3 is 9.47 Å². The van der Waals surface area contributed by atoms with E-state index in [-0.39, 0.29) is 17.2 Å². The summed E-state index contributed by atoms with van der Waals surface area (Å²) in [7, 11) is 1.38. The van der Waals surface area contributed by atoms with E-state index in [1.807, 2.05) is 12.3 Å². The fourth-order valence-corrected chi connectivity index (χ4v) is 2.94. The van der Waals surface area contributed by atoms with Gasteiger partial charge in [-0.25, -0.2) is 9.78 Å². The van der Waals surface area contributed by atoms with E-state index >= 15 is 0 Å². The maximum absolute atomic E-state index is 11.4. The molecule has 7 heteroatoms. The molecule has 106 valence electrons. The van der Waals surface area contributed by atoms with E-state index in [1.165, 1.54) is 18.4 Å². The Morgan fingerprint density at radius 3 is 2.89 bits per heavy atom. The van der Waals surface area contributed by atoms with Gasteiger partial charge in [-0.05, 0) is 6.92 Å². The number of ether oxygens (including phenoxy) is 2. The predicted molar refractivity (Wildman–Crippen MR) is 75.5 cm³/mol. The van der Waals surface area contributed by atoms with E-state index in [0.29, 0.717) is 23.8 Å². The van der Waals surface area contributed by atoms with Crippen LogP contribution < -0.4 is 0 Å². The number of rotatable bonds is 7. The third kappa shape index (κ3) is 5.61. The zero-order valence-electron chi connectivity index (χ0n) is 11.2. The van der Waals surface area contributed by atoms with Gasteiger partial charge in [0, 0.05) is 16.4 Å². The van der Waals surface area contributed by atoms with Crippen molar-refractivity contribution in [3.8, 4) is 0 Å². The Balaban J connectivity index is 2.41. The number of hydrogen-bond donors (Lipinski definition) is 0. The summed E-state index contributed by atoms with van der Waals surface area (Å²) in [6.45, 7) is 4.07. The van der Waals surface area contributed by atoms with Crippen LogP contribution in [-0.2, 0) is 20.0 Å². The molecule has 1 rings (SSSR count). The van der Waals surface area contributed by atoms with Crippen molar-refractivity contribution in [3.63, 3.8) is 0 Å². The van der Waals surface area contributed by atoms with Crippen LogP contribution >= 0.6 is 23.1 Å². The summed E-state index contributed by atoms with van der Waals surface area (Å²) in [5, 5.41) is 2.36. The lowest BCUT2D eigenvalue weighted by atomic mass is 10.3. The third-order valence-corrected chi connectivity index (χ3v) is 4.27. The van der Waals surface area contributed by atoms with Crippen LogP contribution in [0.3, 0.4) is 0 Å². The van der Waals surface area contributed by atoms with Gasteiger partial charge in [-0.15, -0.1) is 11.3 Å². The number of methoxy groups -OCH3 is 1. The number of aromatic nitrogens is 1. The van der Waals surface area contributed by atoms with Crippen LogP contribution in [0, 0.1) is 0 Å². The molecule has 0 aliphatic heterocycles. The summed E-state index contributed by atoms with van der Waals surface area (Å²) in [5.41, 5.74) is 0.828. The molecule has 0 aliphatic carbocycles. The van der Waals surface area contributed by atoms with E-state index in [4.69, 9.17) is 4.74 Å². The van der Waals surface area contributed by atoms with E-state index in [1.54, 1.807) is 18.7 Å². The number of thiazole rings is 1. The largest absolute Gasteiger partial charge is 0.469 e. The highest BCUT2D eigenvalue weighted by Gasteiger charge is 2.14. The zero-order valence-corrected chi connectivity index (χ0v) is 12.8. The van der Waals surface area contributed by atoms with Crippen molar-refractivity contribution in [3.05, 3.63) is 16.1 Å². The topological polar surface area (TPSA) is 65.5 Å². The molecule has 0 N–H and O–H groups in total. The van der Waals surface area contributed by atoms with E-state index in [0.717, 1.165) is 5.69 Å². The van der Waals surface area contributed by atoms with E-state index < -0.39 is 0 Å². The monoisotopic (exact) mass is 303 g/mol. The maximum Gasteiger partial charge on any atom is 0.367 e. The number of carbonyl (C=O) groups excluding carboxylic acids is 2. The van der Waals surface area contributed by atoms with Crippen molar-refractivity contribution in [2.45, 2.75) is 31.3 Å². The second-order valence-corrected chi connectivity index (χ2v) is 6.05. The molecule has 1 heterocycles. The van der Waals surface area contributed by atoms with Crippen molar-refractivity contribution >= 4 is 35.0 Å². The minimum Gasteiger partial charge on any atom is -0.469 e. The molecule has 0 aliphatic rings. The second-order valence-electron chi connectivity index (χ2n) is 3.77. The quantitative estimate of drug-likeness (QED) is 0.721. The van der Waals surface area contributed by atoms with Gasteiger partial charge in [0.05, 0.1) is 25.8 Å². The lowest BCUT2D eigenvalue weighted by Gasteiger charge is -2.08. The van der Waals surface area contributed by atoms with Crippen LogP contribution in [0.1, 0.15) is 35.8 Å². The highest BCUT2D eigenvalue weighted by Crippen LogP contribution is 2.22. The van der Waals surface area contributed by atoms with Crippen molar-refractivity contribution in [1.82, 2.24) is 4.98 Å². The predicted octanol–water partition coefficient (Wildman–Crippen LogP) is 2.50. The molecule has 0 spiro atoms. The highest BCUT2D eigenvalue weighted by molar-refractivity contribution is 7.99. The second kappa shape index (κ2) is 8.16. The standard InChI is InChI=1S/C12H17NO4S2/c1-4-17-12(15)11-13-9(7-19-11)6-18-8(2)5-10(14)16-3/h7-8H,4-6H2,1-3H3. The van der Waals surface area contributed by atoms with Crippen molar-refractivity contribution in [2.75, 3.05) is 13.7 Å². The lowest BCUT2D eigenvalue weighted by Crippen LogP contribution is -2.09. The average Bonchev–Trinajstić information content (AvgIpc) is 2.85. The summed E-state index contributed by atoms with van der Waals surface area (Å²) < 4.78 is 9.48. The molecule has 0 fully saturated rings. The fourth-order valence-electron chi connectivity index (χ4n) is 1.26. The van der Waals surface area contributed by atoms with Crippen molar-refractivity contribution < 1.29 is 19.1 Å². The van der Waals surface area contributed by atoms with Crippen LogP contribution in [0.25, 0.3) is 0 Å². The highest BCUT2D eigenvalue weighted by atomic mass is 32.2. The number of hydrogen-bond acceptors (Lipinski definition) is 7. The van der Waals surface area contributed by atoms with Crippen molar-refractivity contribution in [2.24, 2.45) is 0 Å². The van der Waals surface area contributed by atoms with Gasteiger partial charge in [0.1, 0.15) is 0 Å². The number of esters is 2. The Morgan fingerprint density at radius 2 is 2.26 bits per heavy atom. The van der Waals surface area contributed by atoms with Gasteiger partial charge in [-0.1, -0.05) is 6.92 Å². The van der Waals surface area contributed by atoms with Crippen LogP contribution in [-0.4, -0.2) is 35.9 Å². The number of nitrogens with zero attached hydrogens (tertiary/aromatic N) is 1. The summed E-state index contributed by atoms with van der Waals surface area (Å²) >= 11 is 2.88. The Labute approximate surface area is 120 Å². The first-order valence-electron chi connectivity index (χ1n) is 5.86. The average molecular weight is 303 g/mol. The molecule has 0 amide bonds. The summed E-state index contributed by atoms with van der Waals surface area (Å²) in [6.07, 6.45) is 0.371. The molecule has 0 saturated carbocycles. The molecule has 5 nitrogen and oxygen atoms in total. The van der Waals surface area contributed by atoms with E-state index in [2.05, 4.69) is 9.72 Å². The molecule has 1 aromatic rings. The van der Waals surface area contributed by atoms with Crippen LogP contribution in [0.4, 0.5) is 0 Å². The Bertz CT molecular complexity index is 433. The Kier molecular flexibility index (Phi) is 6.86. The maximum atomic E-state index is 11.4. The molecule has 1 aromatic heterocycles. The molecule has 0 radical (unpaired) electrons. The minimum atomic E-state index is -0.383. The van der Waals surface area contributed by atoms with Crippen molar-refractivity contribution in [1.29, 1.82) is 0 Å². The van der Waals surface area contributed by atoms with Crippen LogP contribution in [0.2, 0.25) is 0 Å². The molecule has 1 atom stereocenters. The third-order valence-electron chi connectivity index (χ3n) is 2.20. The normalized spacial score (nSPS) is 11.9. The minimum absolute atomic E-state index is 0.153. The molecule has 1 unspecified atom stereocenters. The zero-order chi connectivity index (χ0) is 14.3.